The van der Waals surface area contributed by atoms with Gasteiger partial charge in [0.1, 0.15) is 0 Å². The summed E-state index contributed by atoms with van der Waals surface area (Å²) in [5.74, 6) is 0. The maximum absolute atomic E-state index is 5.68. The molecule has 0 aromatic carbocycles. The van der Waals surface area contributed by atoms with Gasteiger partial charge in [-0.3, -0.25) is 4.68 Å². The van der Waals surface area contributed by atoms with Crippen LogP contribution in [0.3, 0.4) is 0 Å². The number of aromatic nitrogens is 2. The predicted octanol–water partition coefficient (Wildman–Crippen LogP) is 0.955. The number of aryl methyl sites for hydroxylation is 1. The first-order valence-electron chi connectivity index (χ1n) is 4.83. The normalized spacial score (nSPS) is 13.2. The summed E-state index contributed by atoms with van der Waals surface area (Å²) in [5.41, 5.74) is 9.16. The van der Waals surface area contributed by atoms with Crippen LogP contribution in [-0.2, 0) is 4.74 Å². The fourth-order valence-corrected chi connectivity index (χ4v) is 1.53. The number of hydrogen-bond donors (Lipinski definition) is 1. The van der Waals surface area contributed by atoms with Crippen LogP contribution < -0.4 is 5.73 Å². The van der Waals surface area contributed by atoms with Gasteiger partial charge in [-0.2, -0.15) is 5.10 Å². The van der Waals surface area contributed by atoms with Gasteiger partial charge in [-0.05, 0) is 26.3 Å². The average Bonchev–Trinajstić information content (AvgIpc) is 2.42. The number of nitrogens with two attached hydrogens (primary N) is 1. The molecule has 1 aromatic rings. The van der Waals surface area contributed by atoms with Crippen LogP contribution in [-0.4, -0.2) is 30.0 Å². The Labute approximate surface area is 85.0 Å². The summed E-state index contributed by atoms with van der Waals surface area (Å²) < 4.78 is 7.08. The molecule has 4 heteroatoms. The minimum absolute atomic E-state index is 0.146. The van der Waals surface area contributed by atoms with Crippen molar-refractivity contribution in [3.63, 3.8) is 0 Å². The monoisotopic (exact) mass is 197 g/mol. The number of rotatable bonds is 4. The van der Waals surface area contributed by atoms with Crippen LogP contribution in [0.2, 0.25) is 0 Å². The minimum Gasteiger partial charge on any atom is -0.382 e. The average molecular weight is 197 g/mol. The summed E-state index contributed by atoms with van der Waals surface area (Å²) in [5, 5.41) is 4.46. The van der Waals surface area contributed by atoms with E-state index in [0.29, 0.717) is 13.2 Å². The van der Waals surface area contributed by atoms with Crippen molar-refractivity contribution >= 4 is 0 Å². The molecule has 0 aliphatic heterocycles. The zero-order valence-corrected chi connectivity index (χ0v) is 9.37. The van der Waals surface area contributed by atoms with E-state index < -0.39 is 0 Å². The first kappa shape index (κ1) is 11.2. The highest BCUT2D eigenvalue weighted by atomic mass is 16.5. The van der Waals surface area contributed by atoms with E-state index in [4.69, 9.17) is 10.5 Å². The molecule has 1 heterocycles. The summed E-state index contributed by atoms with van der Waals surface area (Å²) in [6.07, 6.45) is 0. The Morgan fingerprint density at radius 3 is 2.43 bits per heavy atom. The van der Waals surface area contributed by atoms with Crippen LogP contribution in [0.5, 0.6) is 0 Å². The topological polar surface area (TPSA) is 53.1 Å². The summed E-state index contributed by atoms with van der Waals surface area (Å²) >= 11 is 0. The molecule has 0 saturated carbocycles. The second kappa shape index (κ2) is 4.57. The molecule has 80 valence electrons. The quantitative estimate of drug-likeness (QED) is 0.782. The summed E-state index contributed by atoms with van der Waals surface area (Å²) in [7, 11) is 1.68. The lowest BCUT2D eigenvalue weighted by atomic mass is 10.2. The molecule has 0 saturated heterocycles. The molecule has 0 fully saturated rings. The summed E-state index contributed by atoms with van der Waals surface area (Å²) in [6.45, 7) is 7.31. The van der Waals surface area contributed by atoms with Crippen molar-refractivity contribution < 1.29 is 4.74 Å². The Bertz CT molecular complexity index is 307. The Hall–Kier alpha value is -0.870. The second-order valence-electron chi connectivity index (χ2n) is 3.59. The molecule has 0 amide bonds. The van der Waals surface area contributed by atoms with E-state index in [-0.39, 0.29) is 6.04 Å². The van der Waals surface area contributed by atoms with Crippen molar-refractivity contribution in [2.24, 2.45) is 5.73 Å². The lowest BCUT2D eigenvalue weighted by Crippen LogP contribution is -2.25. The summed E-state index contributed by atoms with van der Waals surface area (Å²) in [4.78, 5) is 0. The van der Waals surface area contributed by atoms with E-state index in [1.807, 2.05) is 11.6 Å². The zero-order chi connectivity index (χ0) is 10.7. The Morgan fingerprint density at radius 2 is 2.07 bits per heavy atom. The number of methoxy groups -OCH3 is 1. The fourth-order valence-electron chi connectivity index (χ4n) is 1.53. The molecule has 1 aromatic heterocycles. The summed E-state index contributed by atoms with van der Waals surface area (Å²) in [6, 6.07) is 0.146. The molecule has 1 unspecified atom stereocenters. The van der Waals surface area contributed by atoms with Crippen LogP contribution in [0, 0.1) is 20.8 Å². The molecule has 0 bridgehead atoms. The van der Waals surface area contributed by atoms with Gasteiger partial charge in [-0.1, -0.05) is 0 Å². The number of nitrogens with zero attached hydrogens (tertiary/aromatic N) is 2. The first-order chi connectivity index (χ1) is 6.61. The maximum Gasteiger partial charge on any atom is 0.0877 e. The van der Waals surface area contributed by atoms with Gasteiger partial charge in [0.2, 0.25) is 0 Å². The molecule has 1 rings (SSSR count). The highest BCUT2D eigenvalue weighted by Crippen LogP contribution is 2.15. The third-order valence-corrected chi connectivity index (χ3v) is 2.66. The molecule has 4 nitrogen and oxygen atoms in total. The van der Waals surface area contributed by atoms with Crippen LogP contribution >= 0.6 is 0 Å². The van der Waals surface area contributed by atoms with Gasteiger partial charge in [0.25, 0.3) is 0 Å². The highest BCUT2D eigenvalue weighted by molar-refractivity contribution is 5.22. The fraction of sp³-hybridized carbons (Fsp3) is 0.700. The van der Waals surface area contributed by atoms with E-state index >= 15 is 0 Å². The first-order valence-corrected chi connectivity index (χ1v) is 4.83. The zero-order valence-electron chi connectivity index (χ0n) is 9.37. The SMILES string of the molecule is COCC(CN)n1nc(C)c(C)c1C. The van der Waals surface area contributed by atoms with Gasteiger partial charge in [0.15, 0.2) is 0 Å². The Morgan fingerprint density at radius 1 is 1.43 bits per heavy atom. The molecule has 0 aliphatic carbocycles. The van der Waals surface area contributed by atoms with Gasteiger partial charge in [0, 0.05) is 19.3 Å². The van der Waals surface area contributed by atoms with Gasteiger partial charge < -0.3 is 10.5 Å². The number of ether oxygens (including phenoxy) is 1. The van der Waals surface area contributed by atoms with Crippen LogP contribution in [0.1, 0.15) is 23.0 Å². The van der Waals surface area contributed by atoms with Gasteiger partial charge in [0.05, 0.1) is 18.3 Å². The number of hydrogen-bond acceptors (Lipinski definition) is 3. The van der Waals surface area contributed by atoms with Crippen molar-refractivity contribution in [1.82, 2.24) is 9.78 Å². The van der Waals surface area contributed by atoms with Crippen LogP contribution in [0.15, 0.2) is 0 Å². The standard InChI is InChI=1S/C10H19N3O/c1-7-8(2)12-13(9(7)3)10(5-11)6-14-4/h10H,5-6,11H2,1-4H3. The molecular formula is C10H19N3O. The molecule has 14 heavy (non-hydrogen) atoms. The Kier molecular flexibility index (Phi) is 3.66. The Balaban J connectivity index is 2.98. The third kappa shape index (κ3) is 1.96. The van der Waals surface area contributed by atoms with Crippen molar-refractivity contribution in [1.29, 1.82) is 0 Å². The molecule has 2 N–H and O–H groups in total. The van der Waals surface area contributed by atoms with Gasteiger partial charge in [-0.25, -0.2) is 0 Å². The van der Waals surface area contributed by atoms with E-state index in [0.717, 1.165) is 5.69 Å². The molecule has 0 spiro atoms. The highest BCUT2D eigenvalue weighted by Gasteiger charge is 2.15. The van der Waals surface area contributed by atoms with Crippen molar-refractivity contribution in [3.05, 3.63) is 17.0 Å². The van der Waals surface area contributed by atoms with E-state index in [2.05, 4.69) is 18.9 Å². The largest absolute Gasteiger partial charge is 0.382 e. The molecule has 1 atom stereocenters. The van der Waals surface area contributed by atoms with Crippen LogP contribution in [0.4, 0.5) is 0 Å². The molecule has 0 radical (unpaired) electrons. The van der Waals surface area contributed by atoms with Gasteiger partial charge in [-0.15, -0.1) is 0 Å². The van der Waals surface area contributed by atoms with E-state index in [1.165, 1.54) is 11.3 Å². The lowest BCUT2D eigenvalue weighted by molar-refractivity contribution is 0.151. The van der Waals surface area contributed by atoms with E-state index in [1.54, 1.807) is 7.11 Å². The third-order valence-electron chi connectivity index (χ3n) is 2.66. The smallest absolute Gasteiger partial charge is 0.0877 e. The van der Waals surface area contributed by atoms with Crippen molar-refractivity contribution in [3.8, 4) is 0 Å². The minimum atomic E-state index is 0.146. The molecular weight excluding hydrogens is 178 g/mol. The van der Waals surface area contributed by atoms with Crippen molar-refractivity contribution in [2.75, 3.05) is 20.3 Å². The van der Waals surface area contributed by atoms with Crippen LogP contribution in [0.25, 0.3) is 0 Å². The van der Waals surface area contributed by atoms with Gasteiger partial charge >= 0.3 is 0 Å². The predicted molar refractivity (Wildman–Crippen MR) is 56.4 cm³/mol. The van der Waals surface area contributed by atoms with Crippen molar-refractivity contribution in [2.45, 2.75) is 26.8 Å². The maximum atomic E-state index is 5.68. The lowest BCUT2D eigenvalue weighted by Gasteiger charge is -2.16. The van der Waals surface area contributed by atoms with E-state index in [9.17, 15) is 0 Å². The molecule has 0 aliphatic rings. The second-order valence-corrected chi connectivity index (χ2v) is 3.59.